The smallest absolute Gasteiger partial charge is 0.123 e. The average molecular weight is 226 g/mol. The van der Waals surface area contributed by atoms with Gasteiger partial charge in [-0.2, -0.15) is 0 Å². The van der Waals surface area contributed by atoms with Gasteiger partial charge in [0.2, 0.25) is 0 Å². The highest BCUT2D eigenvalue weighted by atomic mass is 19.1. The molecule has 1 N–H and O–H groups in total. The molecule has 0 aliphatic rings. The highest BCUT2D eigenvalue weighted by Gasteiger charge is 2.11. The van der Waals surface area contributed by atoms with E-state index in [1.165, 1.54) is 12.1 Å². The van der Waals surface area contributed by atoms with E-state index in [0.717, 1.165) is 5.56 Å². The normalized spacial score (nSPS) is 12.9. The Morgan fingerprint density at radius 1 is 1.38 bits per heavy atom. The molecule has 0 saturated heterocycles. The molecule has 0 fully saturated rings. The number of aliphatic hydroxyl groups is 1. The third-order valence-corrected chi connectivity index (χ3v) is 2.72. The van der Waals surface area contributed by atoms with Gasteiger partial charge in [0.15, 0.2) is 0 Å². The largest absolute Gasteiger partial charge is 0.496 e. The van der Waals surface area contributed by atoms with E-state index in [1.54, 1.807) is 13.2 Å². The predicted octanol–water partition coefficient (Wildman–Crippen LogP) is 2.78. The summed E-state index contributed by atoms with van der Waals surface area (Å²) in [4.78, 5) is 0. The fourth-order valence-electron chi connectivity index (χ4n) is 1.58. The highest BCUT2D eigenvalue weighted by molar-refractivity contribution is 5.34. The topological polar surface area (TPSA) is 29.5 Å². The monoisotopic (exact) mass is 226 g/mol. The molecule has 0 aliphatic carbocycles. The number of rotatable bonds is 5. The van der Waals surface area contributed by atoms with Crippen molar-refractivity contribution in [2.45, 2.75) is 32.8 Å². The van der Waals surface area contributed by atoms with Crippen LogP contribution in [-0.4, -0.2) is 18.3 Å². The van der Waals surface area contributed by atoms with Crippen molar-refractivity contribution in [1.29, 1.82) is 0 Å². The van der Waals surface area contributed by atoms with E-state index < -0.39 is 0 Å². The van der Waals surface area contributed by atoms with Crippen molar-refractivity contribution in [3.05, 3.63) is 29.6 Å². The fraction of sp³-hybridized carbons (Fsp3) is 0.538. The Labute approximate surface area is 96.1 Å². The zero-order valence-corrected chi connectivity index (χ0v) is 10.0. The summed E-state index contributed by atoms with van der Waals surface area (Å²) in [5, 5.41) is 9.69. The molecule has 0 spiro atoms. The molecule has 0 aromatic heterocycles. The molecule has 0 radical (unpaired) electrons. The Morgan fingerprint density at radius 2 is 2.06 bits per heavy atom. The van der Waals surface area contributed by atoms with E-state index in [0.29, 0.717) is 18.6 Å². The molecule has 1 aromatic rings. The maximum absolute atomic E-state index is 13.0. The van der Waals surface area contributed by atoms with Gasteiger partial charge < -0.3 is 9.84 Å². The molecule has 16 heavy (non-hydrogen) atoms. The molecule has 1 rings (SSSR count). The van der Waals surface area contributed by atoms with Gasteiger partial charge in [0.25, 0.3) is 0 Å². The van der Waals surface area contributed by atoms with E-state index in [-0.39, 0.29) is 17.8 Å². The molecule has 2 nitrogen and oxygen atoms in total. The van der Waals surface area contributed by atoms with Gasteiger partial charge in [-0.1, -0.05) is 13.8 Å². The summed E-state index contributed by atoms with van der Waals surface area (Å²) in [6.45, 7) is 3.93. The first kappa shape index (κ1) is 13.0. The van der Waals surface area contributed by atoms with Gasteiger partial charge in [-0.3, -0.25) is 0 Å². The van der Waals surface area contributed by atoms with E-state index in [9.17, 15) is 9.50 Å². The molecule has 0 bridgehead atoms. The van der Waals surface area contributed by atoms with Crippen LogP contribution in [0.5, 0.6) is 5.75 Å². The molecule has 90 valence electrons. The Morgan fingerprint density at radius 3 is 2.62 bits per heavy atom. The van der Waals surface area contributed by atoms with Crippen molar-refractivity contribution in [3.63, 3.8) is 0 Å². The van der Waals surface area contributed by atoms with Gasteiger partial charge in [-0.15, -0.1) is 0 Å². The number of aliphatic hydroxyl groups excluding tert-OH is 1. The number of benzene rings is 1. The lowest BCUT2D eigenvalue weighted by molar-refractivity contribution is 0.116. The van der Waals surface area contributed by atoms with Crippen LogP contribution in [0.15, 0.2) is 18.2 Å². The Kier molecular flexibility index (Phi) is 4.74. The van der Waals surface area contributed by atoms with Crippen molar-refractivity contribution >= 4 is 0 Å². The van der Waals surface area contributed by atoms with Crippen molar-refractivity contribution < 1.29 is 14.2 Å². The molecule has 1 aromatic carbocycles. The summed E-state index contributed by atoms with van der Waals surface area (Å²) in [7, 11) is 1.57. The summed E-state index contributed by atoms with van der Waals surface area (Å²) in [6.07, 6.45) is 0.894. The Bertz CT molecular complexity index is 337. The van der Waals surface area contributed by atoms with Crippen LogP contribution in [0.3, 0.4) is 0 Å². The lowest BCUT2D eigenvalue weighted by atomic mass is 9.99. The standard InChI is InChI=1S/C13H19FO2/c1-9(2)12(15)6-4-10-8-11(14)5-7-13(10)16-3/h5,7-9,12,15H,4,6H2,1-3H3. The van der Waals surface area contributed by atoms with Crippen LogP contribution in [0, 0.1) is 11.7 Å². The second-order valence-corrected chi connectivity index (χ2v) is 4.31. The quantitative estimate of drug-likeness (QED) is 0.836. The van der Waals surface area contributed by atoms with Gasteiger partial charge in [0, 0.05) is 0 Å². The second kappa shape index (κ2) is 5.85. The average Bonchev–Trinajstić information content (AvgIpc) is 2.25. The summed E-state index contributed by atoms with van der Waals surface area (Å²) in [6, 6.07) is 4.46. The minimum Gasteiger partial charge on any atom is -0.496 e. The second-order valence-electron chi connectivity index (χ2n) is 4.31. The summed E-state index contributed by atoms with van der Waals surface area (Å²) < 4.78 is 18.2. The van der Waals surface area contributed by atoms with Gasteiger partial charge in [0.1, 0.15) is 11.6 Å². The first-order chi connectivity index (χ1) is 7.54. The van der Waals surface area contributed by atoms with Gasteiger partial charge in [-0.05, 0) is 42.5 Å². The third kappa shape index (κ3) is 3.49. The maximum atomic E-state index is 13.0. The van der Waals surface area contributed by atoms with Crippen LogP contribution in [0.4, 0.5) is 4.39 Å². The van der Waals surface area contributed by atoms with Crippen molar-refractivity contribution in [2.75, 3.05) is 7.11 Å². The molecule has 1 atom stereocenters. The Hall–Kier alpha value is -1.09. The molecular weight excluding hydrogens is 207 g/mol. The molecule has 0 amide bonds. The van der Waals surface area contributed by atoms with E-state index in [2.05, 4.69) is 0 Å². The molecule has 3 heteroatoms. The lowest BCUT2D eigenvalue weighted by Crippen LogP contribution is -2.15. The lowest BCUT2D eigenvalue weighted by Gasteiger charge is -2.15. The van der Waals surface area contributed by atoms with E-state index in [1.807, 2.05) is 13.8 Å². The van der Waals surface area contributed by atoms with Crippen LogP contribution in [0.1, 0.15) is 25.8 Å². The minimum atomic E-state index is -0.354. The molecule has 0 saturated carbocycles. The number of halogens is 1. The summed E-state index contributed by atoms with van der Waals surface area (Å²) in [5.74, 6) is 0.631. The summed E-state index contributed by atoms with van der Waals surface area (Å²) in [5.41, 5.74) is 0.808. The number of hydrogen-bond donors (Lipinski definition) is 1. The van der Waals surface area contributed by atoms with Crippen LogP contribution < -0.4 is 4.74 Å². The zero-order valence-electron chi connectivity index (χ0n) is 10.0. The molecule has 0 heterocycles. The maximum Gasteiger partial charge on any atom is 0.123 e. The third-order valence-electron chi connectivity index (χ3n) is 2.72. The van der Waals surface area contributed by atoms with Crippen molar-refractivity contribution in [3.8, 4) is 5.75 Å². The Balaban J connectivity index is 2.68. The number of methoxy groups -OCH3 is 1. The van der Waals surface area contributed by atoms with Crippen molar-refractivity contribution in [2.24, 2.45) is 5.92 Å². The first-order valence-electron chi connectivity index (χ1n) is 5.55. The summed E-state index contributed by atoms with van der Waals surface area (Å²) >= 11 is 0. The number of aryl methyl sites for hydroxylation is 1. The van der Waals surface area contributed by atoms with Crippen LogP contribution in [-0.2, 0) is 6.42 Å². The van der Waals surface area contributed by atoms with E-state index in [4.69, 9.17) is 4.74 Å². The zero-order chi connectivity index (χ0) is 12.1. The highest BCUT2D eigenvalue weighted by Crippen LogP contribution is 2.22. The van der Waals surface area contributed by atoms with Gasteiger partial charge >= 0.3 is 0 Å². The number of ether oxygens (including phenoxy) is 1. The van der Waals surface area contributed by atoms with Gasteiger partial charge in [0.05, 0.1) is 13.2 Å². The van der Waals surface area contributed by atoms with Crippen LogP contribution >= 0.6 is 0 Å². The van der Waals surface area contributed by atoms with Crippen LogP contribution in [0.25, 0.3) is 0 Å². The van der Waals surface area contributed by atoms with Gasteiger partial charge in [-0.25, -0.2) is 4.39 Å². The van der Waals surface area contributed by atoms with Crippen LogP contribution in [0.2, 0.25) is 0 Å². The van der Waals surface area contributed by atoms with Crippen molar-refractivity contribution in [1.82, 2.24) is 0 Å². The first-order valence-corrected chi connectivity index (χ1v) is 5.55. The molecule has 0 aliphatic heterocycles. The number of hydrogen-bond acceptors (Lipinski definition) is 2. The van der Waals surface area contributed by atoms with E-state index >= 15 is 0 Å². The molecular formula is C13H19FO2. The molecule has 1 unspecified atom stereocenters. The fourth-order valence-corrected chi connectivity index (χ4v) is 1.58. The SMILES string of the molecule is COc1ccc(F)cc1CCC(O)C(C)C. The minimum absolute atomic E-state index is 0.222. The predicted molar refractivity (Wildman–Crippen MR) is 62.1 cm³/mol.